The number of pyridine rings is 1. The maximum absolute atomic E-state index is 12.4. The molecule has 0 spiro atoms. The Kier molecular flexibility index (Phi) is 3.63. The zero-order valence-electron chi connectivity index (χ0n) is 11.5. The first-order valence-electron chi connectivity index (χ1n) is 7.24. The molecule has 0 N–H and O–H groups in total. The summed E-state index contributed by atoms with van der Waals surface area (Å²) in [5.41, 5.74) is 3.61. The minimum atomic E-state index is -4.95. The van der Waals surface area contributed by atoms with Crippen LogP contribution in [0.15, 0.2) is 6.07 Å². The zero-order valence-corrected chi connectivity index (χ0v) is 11.5. The maximum Gasteiger partial charge on any atom is 0.490 e. The first kappa shape index (κ1) is 14.4. The summed E-state index contributed by atoms with van der Waals surface area (Å²) in [5.74, 6) is -2.13. The highest BCUT2D eigenvalue weighted by atomic mass is 19.4. The van der Waals surface area contributed by atoms with E-state index < -0.39 is 18.2 Å². The highest BCUT2D eigenvalue weighted by molar-refractivity contribution is 5.75. The zero-order chi connectivity index (χ0) is 15.0. The van der Waals surface area contributed by atoms with Crippen molar-refractivity contribution in [3.63, 3.8) is 0 Å². The number of esters is 1. The van der Waals surface area contributed by atoms with E-state index in [1.165, 1.54) is 5.56 Å². The third kappa shape index (κ3) is 2.89. The van der Waals surface area contributed by atoms with E-state index in [0.717, 1.165) is 43.4 Å². The molecule has 3 rings (SSSR count). The minimum Gasteiger partial charge on any atom is -0.449 e. The number of fused-ring (bicyclic) bond motifs is 2. The largest absolute Gasteiger partial charge is 0.490 e. The van der Waals surface area contributed by atoms with E-state index in [-0.39, 0.29) is 0 Å². The summed E-state index contributed by atoms with van der Waals surface area (Å²) in [6, 6.07) is 2.05. The molecule has 0 fully saturated rings. The molecule has 21 heavy (non-hydrogen) atoms. The van der Waals surface area contributed by atoms with Crippen LogP contribution < -0.4 is 0 Å². The van der Waals surface area contributed by atoms with E-state index in [2.05, 4.69) is 9.72 Å². The second kappa shape index (κ2) is 5.31. The number of carbonyl (C=O) groups excluding carboxylic acids is 1. The lowest BCUT2D eigenvalue weighted by molar-refractivity contribution is -0.206. The molecule has 6 heteroatoms. The van der Waals surface area contributed by atoms with Gasteiger partial charge in [-0.1, -0.05) is 6.07 Å². The van der Waals surface area contributed by atoms with E-state index in [1.54, 1.807) is 0 Å². The minimum absolute atomic E-state index is 0.403. The Morgan fingerprint density at radius 1 is 1.14 bits per heavy atom. The van der Waals surface area contributed by atoms with Crippen LogP contribution in [0.2, 0.25) is 0 Å². The molecule has 3 nitrogen and oxygen atoms in total. The van der Waals surface area contributed by atoms with Crippen molar-refractivity contribution in [2.24, 2.45) is 0 Å². The summed E-state index contributed by atoms with van der Waals surface area (Å²) in [6.07, 6.45) is 0.0811. The van der Waals surface area contributed by atoms with Gasteiger partial charge in [-0.15, -0.1) is 0 Å². The van der Waals surface area contributed by atoms with Gasteiger partial charge in [-0.05, 0) is 56.1 Å². The Labute approximate surface area is 120 Å². The fourth-order valence-corrected chi connectivity index (χ4v) is 3.10. The van der Waals surface area contributed by atoms with Crippen LogP contribution in [-0.4, -0.2) is 17.1 Å². The Morgan fingerprint density at radius 2 is 1.86 bits per heavy atom. The van der Waals surface area contributed by atoms with Gasteiger partial charge in [-0.3, -0.25) is 4.98 Å². The third-order valence-electron chi connectivity index (χ3n) is 4.11. The summed E-state index contributed by atoms with van der Waals surface area (Å²) < 4.78 is 41.7. The van der Waals surface area contributed by atoms with Crippen LogP contribution in [-0.2, 0) is 28.8 Å². The average Bonchev–Trinajstić information content (AvgIpc) is 2.44. The summed E-state index contributed by atoms with van der Waals surface area (Å²) in [5, 5.41) is 0. The number of aryl methyl sites for hydroxylation is 3. The fourth-order valence-electron chi connectivity index (χ4n) is 3.10. The molecular formula is C15H16F3NO2. The molecule has 1 aromatic rings. The normalized spacial score (nSPS) is 21.4. The molecule has 0 amide bonds. The molecule has 0 saturated carbocycles. The van der Waals surface area contributed by atoms with E-state index >= 15 is 0 Å². The van der Waals surface area contributed by atoms with E-state index in [4.69, 9.17) is 0 Å². The Bertz CT molecular complexity index is 569. The second-order valence-corrected chi connectivity index (χ2v) is 5.63. The number of carbonyl (C=O) groups is 1. The fraction of sp³-hybridized carbons (Fsp3) is 0.600. The van der Waals surface area contributed by atoms with Crippen LogP contribution in [0.25, 0.3) is 0 Å². The van der Waals surface area contributed by atoms with Crippen molar-refractivity contribution < 1.29 is 22.7 Å². The molecule has 0 aliphatic heterocycles. The molecule has 1 heterocycles. The van der Waals surface area contributed by atoms with Gasteiger partial charge in [0.05, 0.1) is 5.69 Å². The van der Waals surface area contributed by atoms with Crippen molar-refractivity contribution >= 4 is 5.97 Å². The molecule has 1 unspecified atom stereocenters. The van der Waals surface area contributed by atoms with Crippen LogP contribution in [0.5, 0.6) is 0 Å². The van der Waals surface area contributed by atoms with Gasteiger partial charge in [-0.2, -0.15) is 13.2 Å². The van der Waals surface area contributed by atoms with Gasteiger partial charge in [0.25, 0.3) is 0 Å². The SMILES string of the molecule is O=C(OC1CCCc2cc3c(nc21)CCCC3)C(F)(F)F. The molecule has 0 saturated heterocycles. The summed E-state index contributed by atoms with van der Waals surface area (Å²) in [6.45, 7) is 0. The predicted octanol–water partition coefficient (Wildman–Crippen LogP) is 3.44. The van der Waals surface area contributed by atoms with Gasteiger partial charge >= 0.3 is 12.1 Å². The van der Waals surface area contributed by atoms with Gasteiger partial charge in [0.2, 0.25) is 0 Å². The molecule has 114 valence electrons. The number of alkyl halides is 3. The number of nitrogens with zero attached hydrogens (tertiary/aromatic N) is 1. The number of hydrogen-bond acceptors (Lipinski definition) is 3. The third-order valence-corrected chi connectivity index (χ3v) is 4.11. The highest BCUT2D eigenvalue weighted by Gasteiger charge is 2.43. The van der Waals surface area contributed by atoms with Crippen LogP contribution in [0.1, 0.15) is 54.3 Å². The van der Waals surface area contributed by atoms with Crippen molar-refractivity contribution in [2.75, 3.05) is 0 Å². The predicted molar refractivity (Wildman–Crippen MR) is 68.7 cm³/mol. The van der Waals surface area contributed by atoms with Crippen molar-refractivity contribution in [1.82, 2.24) is 4.98 Å². The molecular weight excluding hydrogens is 283 g/mol. The molecule has 2 aliphatic carbocycles. The first-order valence-corrected chi connectivity index (χ1v) is 7.24. The van der Waals surface area contributed by atoms with Crippen LogP contribution in [0, 0.1) is 0 Å². The Balaban J connectivity index is 1.89. The van der Waals surface area contributed by atoms with Gasteiger partial charge in [0.15, 0.2) is 0 Å². The van der Waals surface area contributed by atoms with Gasteiger partial charge in [0, 0.05) is 5.69 Å². The lowest BCUT2D eigenvalue weighted by Crippen LogP contribution is -2.29. The van der Waals surface area contributed by atoms with E-state index in [9.17, 15) is 18.0 Å². The van der Waals surface area contributed by atoms with Crippen molar-refractivity contribution in [2.45, 2.75) is 57.2 Å². The van der Waals surface area contributed by atoms with Crippen molar-refractivity contribution in [3.05, 3.63) is 28.6 Å². The highest BCUT2D eigenvalue weighted by Crippen LogP contribution is 2.35. The van der Waals surface area contributed by atoms with Gasteiger partial charge in [-0.25, -0.2) is 4.79 Å². The van der Waals surface area contributed by atoms with Crippen LogP contribution in [0.3, 0.4) is 0 Å². The summed E-state index contributed by atoms with van der Waals surface area (Å²) in [7, 11) is 0. The molecule has 0 aromatic carbocycles. The topological polar surface area (TPSA) is 39.2 Å². The van der Waals surface area contributed by atoms with E-state index in [0.29, 0.717) is 18.5 Å². The van der Waals surface area contributed by atoms with Crippen LogP contribution >= 0.6 is 0 Å². The van der Waals surface area contributed by atoms with Crippen LogP contribution in [0.4, 0.5) is 13.2 Å². The van der Waals surface area contributed by atoms with Gasteiger partial charge in [0.1, 0.15) is 6.10 Å². The number of aromatic nitrogens is 1. The monoisotopic (exact) mass is 299 g/mol. The summed E-state index contributed by atoms with van der Waals surface area (Å²) in [4.78, 5) is 15.6. The lowest BCUT2D eigenvalue weighted by Gasteiger charge is -2.27. The van der Waals surface area contributed by atoms with Crippen molar-refractivity contribution in [1.29, 1.82) is 0 Å². The smallest absolute Gasteiger partial charge is 0.449 e. The Morgan fingerprint density at radius 3 is 2.62 bits per heavy atom. The number of ether oxygens (including phenoxy) is 1. The summed E-state index contributed by atoms with van der Waals surface area (Å²) >= 11 is 0. The second-order valence-electron chi connectivity index (χ2n) is 5.63. The number of rotatable bonds is 1. The molecule has 1 aromatic heterocycles. The van der Waals surface area contributed by atoms with Gasteiger partial charge < -0.3 is 4.74 Å². The number of halogens is 3. The van der Waals surface area contributed by atoms with E-state index in [1.807, 2.05) is 6.07 Å². The Hall–Kier alpha value is -1.59. The molecule has 1 atom stereocenters. The molecule has 0 radical (unpaired) electrons. The van der Waals surface area contributed by atoms with Crippen molar-refractivity contribution in [3.8, 4) is 0 Å². The standard InChI is InChI=1S/C15H16F3NO2/c16-15(17,18)14(20)21-12-7-3-5-10-8-9-4-1-2-6-11(9)19-13(10)12/h8,12H,1-7H2. The number of hydrogen-bond donors (Lipinski definition) is 0. The lowest BCUT2D eigenvalue weighted by atomic mass is 9.88. The quantitative estimate of drug-likeness (QED) is 0.746. The average molecular weight is 299 g/mol. The first-order chi connectivity index (χ1) is 9.95. The maximum atomic E-state index is 12.4. The molecule has 2 aliphatic rings. The molecule has 0 bridgehead atoms.